The Kier molecular flexibility index (Phi) is 5.41. The number of carbonyl (C=O) groups excluding carboxylic acids is 2. The van der Waals surface area contributed by atoms with Gasteiger partial charge < -0.3 is 10.6 Å². The zero-order chi connectivity index (χ0) is 20.3. The van der Waals surface area contributed by atoms with E-state index in [2.05, 4.69) is 10.1 Å². The van der Waals surface area contributed by atoms with Crippen molar-refractivity contribution in [2.24, 2.45) is 10.9 Å². The number of sulfonamides is 1. The summed E-state index contributed by atoms with van der Waals surface area (Å²) in [5.41, 5.74) is 7.03. The molecule has 1 fully saturated rings. The Morgan fingerprint density at radius 1 is 1.29 bits per heavy atom. The smallest absolute Gasteiger partial charge is 0.358 e. The summed E-state index contributed by atoms with van der Waals surface area (Å²) in [6.45, 7) is 1.81. The normalized spacial score (nSPS) is 17.6. The van der Waals surface area contributed by atoms with Crippen LogP contribution in [0.15, 0.2) is 58.8 Å². The SMILES string of the molecule is Cc1ccc(S(=O)(=O)N2C(=O)CCC2C(=O)ON=C(N)c2cccnc2)cc1. The van der Waals surface area contributed by atoms with Crippen molar-refractivity contribution >= 4 is 27.7 Å². The van der Waals surface area contributed by atoms with Gasteiger partial charge in [-0.05, 0) is 37.6 Å². The minimum atomic E-state index is -4.20. The molecular formula is C18H18N4O5S. The van der Waals surface area contributed by atoms with E-state index in [9.17, 15) is 18.0 Å². The van der Waals surface area contributed by atoms with E-state index in [0.717, 1.165) is 5.56 Å². The van der Waals surface area contributed by atoms with E-state index < -0.39 is 27.9 Å². The summed E-state index contributed by atoms with van der Waals surface area (Å²) in [4.78, 5) is 33.2. The second-order valence-electron chi connectivity index (χ2n) is 6.19. The van der Waals surface area contributed by atoms with Crippen LogP contribution in [0.4, 0.5) is 0 Å². The number of carbonyl (C=O) groups is 2. The predicted molar refractivity (Wildman–Crippen MR) is 99.3 cm³/mol. The van der Waals surface area contributed by atoms with Gasteiger partial charge >= 0.3 is 5.97 Å². The number of rotatable bonds is 5. The number of hydrogen-bond acceptors (Lipinski definition) is 7. The van der Waals surface area contributed by atoms with Gasteiger partial charge in [0, 0.05) is 24.4 Å². The van der Waals surface area contributed by atoms with Crippen molar-refractivity contribution in [1.29, 1.82) is 0 Å². The van der Waals surface area contributed by atoms with Gasteiger partial charge in [0.05, 0.1) is 4.90 Å². The molecule has 1 unspecified atom stereocenters. The van der Waals surface area contributed by atoms with E-state index in [1.165, 1.54) is 18.3 Å². The highest BCUT2D eigenvalue weighted by atomic mass is 32.2. The summed E-state index contributed by atoms with van der Waals surface area (Å²) in [5, 5.41) is 3.54. The number of aromatic nitrogens is 1. The van der Waals surface area contributed by atoms with Crippen LogP contribution < -0.4 is 5.73 Å². The van der Waals surface area contributed by atoms with Crippen molar-refractivity contribution in [1.82, 2.24) is 9.29 Å². The Morgan fingerprint density at radius 2 is 2.00 bits per heavy atom. The number of hydrogen-bond donors (Lipinski definition) is 1. The molecular weight excluding hydrogens is 384 g/mol. The molecule has 1 aliphatic rings. The first-order valence-electron chi connectivity index (χ1n) is 8.39. The third kappa shape index (κ3) is 3.86. The van der Waals surface area contributed by atoms with Crippen LogP contribution in [0.2, 0.25) is 0 Å². The van der Waals surface area contributed by atoms with Crippen LogP contribution in [-0.4, -0.2) is 41.5 Å². The van der Waals surface area contributed by atoms with Crippen molar-refractivity contribution in [3.05, 3.63) is 59.9 Å². The molecule has 0 saturated carbocycles. The molecule has 3 rings (SSSR count). The van der Waals surface area contributed by atoms with Crippen molar-refractivity contribution in [3.63, 3.8) is 0 Å². The number of aryl methyl sites for hydroxylation is 1. The molecule has 0 bridgehead atoms. The van der Waals surface area contributed by atoms with Gasteiger partial charge in [0.2, 0.25) is 5.91 Å². The third-order valence-corrected chi connectivity index (χ3v) is 6.05. The summed E-state index contributed by atoms with van der Waals surface area (Å²) in [7, 11) is -4.20. The molecule has 2 heterocycles. The fourth-order valence-corrected chi connectivity index (χ4v) is 4.32. The van der Waals surface area contributed by atoms with Crippen LogP contribution in [0.3, 0.4) is 0 Å². The molecule has 10 heteroatoms. The van der Waals surface area contributed by atoms with Crippen LogP contribution >= 0.6 is 0 Å². The Bertz CT molecular complexity index is 1020. The van der Waals surface area contributed by atoms with Crippen molar-refractivity contribution < 1.29 is 22.8 Å². The predicted octanol–water partition coefficient (Wildman–Crippen LogP) is 0.933. The number of amidine groups is 1. The van der Waals surface area contributed by atoms with Crippen molar-refractivity contribution in [3.8, 4) is 0 Å². The van der Waals surface area contributed by atoms with E-state index in [1.54, 1.807) is 30.5 Å². The molecule has 0 spiro atoms. The molecule has 2 aromatic rings. The Hall–Kier alpha value is -3.27. The van der Waals surface area contributed by atoms with E-state index >= 15 is 0 Å². The quantitative estimate of drug-likeness (QED) is 0.340. The summed E-state index contributed by atoms with van der Waals surface area (Å²) in [6, 6.07) is 7.94. The molecule has 1 aromatic heterocycles. The highest BCUT2D eigenvalue weighted by Gasteiger charge is 2.45. The van der Waals surface area contributed by atoms with Gasteiger partial charge in [-0.15, -0.1) is 0 Å². The summed E-state index contributed by atoms with van der Waals surface area (Å²) < 4.78 is 26.3. The zero-order valence-electron chi connectivity index (χ0n) is 15.0. The van der Waals surface area contributed by atoms with Crippen LogP contribution in [0.25, 0.3) is 0 Å². The second-order valence-corrected chi connectivity index (χ2v) is 8.01. The largest absolute Gasteiger partial charge is 0.380 e. The zero-order valence-corrected chi connectivity index (χ0v) is 15.8. The van der Waals surface area contributed by atoms with E-state index in [4.69, 9.17) is 10.6 Å². The molecule has 0 aliphatic carbocycles. The topological polar surface area (TPSA) is 132 Å². The standard InChI is InChI=1S/C18H18N4O5S/c1-12-4-6-14(7-5-12)28(25,26)22-15(8-9-16(22)23)18(24)27-21-17(19)13-3-2-10-20-11-13/h2-7,10-11,15H,8-9H2,1H3,(H2,19,21). The van der Waals surface area contributed by atoms with Gasteiger partial charge in [-0.3, -0.25) is 9.78 Å². The Labute approximate surface area is 161 Å². The van der Waals surface area contributed by atoms with Crippen LogP contribution in [0, 0.1) is 6.92 Å². The molecule has 1 saturated heterocycles. The molecule has 28 heavy (non-hydrogen) atoms. The second kappa shape index (κ2) is 7.77. The average Bonchev–Trinajstić information content (AvgIpc) is 3.09. The lowest BCUT2D eigenvalue weighted by molar-refractivity contribution is -0.149. The number of amides is 1. The summed E-state index contributed by atoms with van der Waals surface area (Å²) in [6.07, 6.45) is 2.89. The first kappa shape index (κ1) is 19.5. The Morgan fingerprint density at radius 3 is 2.64 bits per heavy atom. The maximum absolute atomic E-state index is 12.9. The summed E-state index contributed by atoms with van der Waals surface area (Å²) in [5.74, 6) is -1.75. The van der Waals surface area contributed by atoms with Crippen LogP contribution in [-0.2, 0) is 24.4 Å². The van der Waals surface area contributed by atoms with Crippen LogP contribution in [0.5, 0.6) is 0 Å². The lowest BCUT2D eigenvalue weighted by Gasteiger charge is -2.22. The molecule has 1 aromatic carbocycles. The van der Waals surface area contributed by atoms with E-state index in [0.29, 0.717) is 9.87 Å². The van der Waals surface area contributed by atoms with Gasteiger partial charge in [0.25, 0.3) is 10.0 Å². The highest BCUT2D eigenvalue weighted by molar-refractivity contribution is 7.89. The fraction of sp³-hybridized carbons (Fsp3) is 0.222. The number of benzene rings is 1. The minimum absolute atomic E-state index is 0.00504. The fourth-order valence-electron chi connectivity index (χ4n) is 2.72. The number of pyridine rings is 1. The molecule has 9 nitrogen and oxygen atoms in total. The van der Waals surface area contributed by atoms with Gasteiger partial charge in [-0.1, -0.05) is 22.9 Å². The van der Waals surface area contributed by atoms with Crippen molar-refractivity contribution in [2.45, 2.75) is 30.7 Å². The van der Waals surface area contributed by atoms with Gasteiger partial charge in [-0.2, -0.15) is 0 Å². The highest BCUT2D eigenvalue weighted by Crippen LogP contribution is 2.28. The van der Waals surface area contributed by atoms with Gasteiger partial charge in [0.1, 0.15) is 6.04 Å². The first-order chi connectivity index (χ1) is 13.3. The molecule has 146 valence electrons. The van der Waals surface area contributed by atoms with E-state index in [-0.39, 0.29) is 23.6 Å². The molecule has 1 aliphatic heterocycles. The number of nitrogens with two attached hydrogens (primary N) is 1. The first-order valence-corrected chi connectivity index (χ1v) is 9.83. The minimum Gasteiger partial charge on any atom is -0.380 e. The molecule has 2 N–H and O–H groups in total. The maximum atomic E-state index is 12.9. The molecule has 1 amide bonds. The summed E-state index contributed by atoms with van der Waals surface area (Å²) >= 11 is 0. The lowest BCUT2D eigenvalue weighted by Crippen LogP contribution is -2.43. The molecule has 1 atom stereocenters. The maximum Gasteiger partial charge on any atom is 0.358 e. The molecule has 0 radical (unpaired) electrons. The van der Waals surface area contributed by atoms with E-state index in [1.807, 2.05) is 6.92 Å². The Balaban J connectivity index is 1.82. The number of oxime groups is 1. The monoisotopic (exact) mass is 402 g/mol. The van der Waals surface area contributed by atoms with Gasteiger partial charge in [-0.25, -0.2) is 17.5 Å². The van der Waals surface area contributed by atoms with Gasteiger partial charge in [0.15, 0.2) is 5.84 Å². The lowest BCUT2D eigenvalue weighted by atomic mass is 10.2. The number of nitrogens with zero attached hydrogens (tertiary/aromatic N) is 3. The van der Waals surface area contributed by atoms with Crippen molar-refractivity contribution in [2.75, 3.05) is 0 Å². The van der Waals surface area contributed by atoms with Crippen LogP contribution in [0.1, 0.15) is 24.0 Å². The average molecular weight is 402 g/mol. The third-order valence-electron chi connectivity index (χ3n) is 4.20.